The first-order chi connectivity index (χ1) is 17.1. The summed E-state index contributed by atoms with van der Waals surface area (Å²) in [7, 11) is 5.15. The third kappa shape index (κ3) is 5.31. The number of hydrogen-bond donors (Lipinski definition) is 2. The minimum atomic E-state index is -0.775. The summed E-state index contributed by atoms with van der Waals surface area (Å²) in [6.45, 7) is 7.03. The molecule has 1 aliphatic heterocycles. The van der Waals surface area contributed by atoms with Gasteiger partial charge in [0.2, 0.25) is 0 Å². The van der Waals surface area contributed by atoms with Crippen molar-refractivity contribution in [3.8, 4) is 5.75 Å². The van der Waals surface area contributed by atoms with Crippen LogP contribution in [0.2, 0.25) is 0 Å². The number of Topliss-reactive ketones (excluding diaryl/α,β-unsaturated/α-hetero) is 1. The molecule has 0 spiro atoms. The number of carbonyl (C=O) groups is 3. The Kier molecular flexibility index (Phi) is 8.57. The lowest BCUT2D eigenvalue weighted by molar-refractivity contribution is -0.139. The van der Waals surface area contributed by atoms with Crippen molar-refractivity contribution in [1.82, 2.24) is 14.8 Å². The molecular formula is C27H35N3O6. The van der Waals surface area contributed by atoms with Crippen molar-refractivity contribution >= 4 is 23.4 Å². The molecule has 0 bridgehead atoms. The second-order valence-electron chi connectivity index (χ2n) is 9.18. The van der Waals surface area contributed by atoms with Crippen LogP contribution in [0, 0.1) is 13.8 Å². The molecule has 0 unspecified atom stereocenters. The zero-order valence-corrected chi connectivity index (χ0v) is 21.8. The minimum Gasteiger partial charge on any atom is -0.507 e. The molecule has 2 N–H and O–H groups in total. The van der Waals surface area contributed by atoms with Crippen molar-refractivity contribution < 1.29 is 29.0 Å². The smallest absolute Gasteiger partial charge is 0.354 e. The molecule has 1 saturated heterocycles. The Bertz CT molecular complexity index is 1160. The lowest BCUT2D eigenvalue weighted by Gasteiger charge is -2.26. The van der Waals surface area contributed by atoms with Gasteiger partial charge in [0.05, 0.1) is 25.3 Å². The highest BCUT2D eigenvalue weighted by atomic mass is 16.5. The summed E-state index contributed by atoms with van der Waals surface area (Å²) in [5.41, 5.74) is 2.11. The highest BCUT2D eigenvalue weighted by Gasteiger charge is 2.46. The molecule has 1 aliphatic rings. The number of aromatic amines is 1. The van der Waals surface area contributed by atoms with Crippen LogP contribution < -0.4 is 4.74 Å². The number of aryl methyl sites for hydroxylation is 1. The SMILES string of the molecule is CCCOc1ccc([C@H]2C(=C(O)c3c(C)[nH]c(C(=O)OC)c3C)C(=O)C(=O)N2CCCN(C)C)cc1. The van der Waals surface area contributed by atoms with Gasteiger partial charge in [-0.1, -0.05) is 19.1 Å². The highest BCUT2D eigenvalue weighted by molar-refractivity contribution is 6.46. The first-order valence-electron chi connectivity index (χ1n) is 12.1. The van der Waals surface area contributed by atoms with E-state index < -0.39 is 23.7 Å². The zero-order chi connectivity index (χ0) is 26.6. The summed E-state index contributed by atoms with van der Waals surface area (Å²) in [6.07, 6.45) is 1.53. The predicted molar refractivity (Wildman–Crippen MR) is 136 cm³/mol. The fraction of sp³-hybridized carbons (Fsp3) is 0.444. The molecule has 0 radical (unpaired) electrons. The number of likely N-dealkylation sites (tertiary alicyclic amines) is 1. The Morgan fingerprint density at radius 1 is 1.17 bits per heavy atom. The van der Waals surface area contributed by atoms with Crippen LogP contribution in [0.25, 0.3) is 5.76 Å². The fourth-order valence-corrected chi connectivity index (χ4v) is 4.53. The van der Waals surface area contributed by atoms with Crippen LogP contribution in [0.15, 0.2) is 29.8 Å². The van der Waals surface area contributed by atoms with Crippen LogP contribution in [0.4, 0.5) is 0 Å². The maximum Gasteiger partial charge on any atom is 0.354 e. The standard InChI is InChI=1S/C27H35N3O6/c1-7-15-36-19-11-9-18(10-12-19)23-21(25(32)26(33)30(23)14-8-13-29(4)5)24(31)20-16(2)22(27(34)35-6)28-17(20)3/h9-12,23,28,31H,7-8,13-15H2,1-6H3/t23-/m0/s1. The predicted octanol–water partition coefficient (Wildman–Crippen LogP) is 3.58. The van der Waals surface area contributed by atoms with Gasteiger partial charge in [-0.15, -0.1) is 0 Å². The number of methoxy groups -OCH3 is 1. The molecule has 194 valence electrons. The monoisotopic (exact) mass is 497 g/mol. The molecule has 3 rings (SSSR count). The number of nitrogens with zero attached hydrogens (tertiary/aromatic N) is 2. The summed E-state index contributed by atoms with van der Waals surface area (Å²) in [5.74, 6) is -1.64. The van der Waals surface area contributed by atoms with E-state index in [2.05, 4.69) is 4.98 Å². The van der Waals surface area contributed by atoms with Crippen LogP contribution in [0.3, 0.4) is 0 Å². The molecule has 1 aromatic heterocycles. The summed E-state index contributed by atoms with van der Waals surface area (Å²) >= 11 is 0. The number of H-pyrrole nitrogens is 1. The van der Waals surface area contributed by atoms with E-state index >= 15 is 0 Å². The number of ketones is 1. The first-order valence-corrected chi connectivity index (χ1v) is 12.1. The molecule has 1 atom stereocenters. The molecule has 36 heavy (non-hydrogen) atoms. The van der Waals surface area contributed by atoms with E-state index in [1.807, 2.05) is 38.1 Å². The molecule has 9 heteroatoms. The fourth-order valence-electron chi connectivity index (χ4n) is 4.53. The van der Waals surface area contributed by atoms with Crippen molar-refractivity contribution in [2.24, 2.45) is 0 Å². The molecule has 1 amide bonds. The molecule has 0 saturated carbocycles. The van der Waals surface area contributed by atoms with Crippen molar-refractivity contribution in [2.75, 3.05) is 40.9 Å². The lowest BCUT2D eigenvalue weighted by Crippen LogP contribution is -2.32. The van der Waals surface area contributed by atoms with Gasteiger partial charge in [0.15, 0.2) is 0 Å². The Morgan fingerprint density at radius 3 is 2.42 bits per heavy atom. The van der Waals surface area contributed by atoms with Gasteiger partial charge in [-0.25, -0.2) is 4.79 Å². The number of aromatic nitrogens is 1. The second-order valence-corrected chi connectivity index (χ2v) is 9.18. The average Bonchev–Trinajstić information content (AvgIpc) is 3.29. The topological polar surface area (TPSA) is 112 Å². The highest BCUT2D eigenvalue weighted by Crippen LogP contribution is 2.41. The van der Waals surface area contributed by atoms with Gasteiger partial charge in [0.25, 0.3) is 11.7 Å². The number of esters is 1. The quantitative estimate of drug-likeness (QED) is 0.223. The molecule has 1 fully saturated rings. The van der Waals surface area contributed by atoms with Crippen molar-refractivity contribution in [3.63, 3.8) is 0 Å². The van der Waals surface area contributed by atoms with Crippen LogP contribution in [-0.4, -0.2) is 78.5 Å². The van der Waals surface area contributed by atoms with Gasteiger partial charge in [-0.3, -0.25) is 9.59 Å². The van der Waals surface area contributed by atoms with E-state index in [0.29, 0.717) is 47.7 Å². The largest absolute Gasteiger partial charge is 0.507 e. The number of amides is 1. The summed E-state index contributed by atoms with van der Waals surface area (Å²) in [6, 6.07) is 6.44. The summed E-state index contributed by atoms with van der Waals surface area (Å²) in [5, 5.41) is 11.4. The maximum atomic E-state index is 13.3. The van der Waals surface area contributed by atoms with Crippen LogP contribution >= 0.6 is 0 Å². The van der Waals surface area contributed by atoms with E-state index in [-0.39, 0.29) is 17.0 Å². The third-order valence-electron chi connectivity index (χ3n) is 6.28. The lowest BCUT2D eigenvalue weighted by atomic mass is 9.94. The molecule has 2 heterocycles. The number of ether oxygens (including phenoxy) is 2. The Morgan fingerprint density at radius 2 is 1.83 bits per heavy atom. The number of hydrogen-bond acceptors (Lipinski definition) is 7. The first kappa shape index (κ1) is 27.0. The van der Waals surface area contributed by atoms with Gasteiger partial charge >= 0.3 is 5.97 Å². The van der Waals surface area contributed by atoms with Crippen LogP contribution in [-0.2, 0) is 14.3 Å². The van der Waals surface area contributed by atoms with Gasteiger partial charge in [0.1, 0.15) is 17.2 Å². The van der Waals surface area contributed by atoms with Gasteiger partial charge in [-0.2, -0.15) is 0 Å². The second kappa shape index (κ2) is 11.4. The molecule has 0 aliphatic carbocycles. The number of aliphatic hydroxyl groups is 1. The van der Waals surface area contributed by atoms with Crippen molar-refractivity contribution in [3.05, 3.63) is 57.9 Å². The molecule has 2 aromatic rings. The van der Waals surface area contributed by atoms with Crippen LogP contribution in [0.5, 0.6) is 5.75 Å². The van der Waals surface area contributed by atoms with Crippen molar-refractivity contribution in [1.29, 1.82) is 0 Å². The zero-order valence-electron chi connectivity index (χ0n) is 21.8. The number of aliphatic hydroxyl groups excluding tert-OH is 1. The summed E-state index contributed by atoms with van der Waals surface area (Å²) in [4.78, 5) is 45.1. The maximum absolute atomic E-state index is 13.3. The number of benzene rings is 1. The average molecular weight is 498 g/mol. The molecular weight excluding hydrogens is 462 g/mol. The third-order valence-corrected chi connectivity index (χ3v) is 6.28. The van der Waals surface area contributed by atoms with E-state index in [4.69, 9.17) is 9.47 Å². The Labute approximate surface area is 211 Å². The van der Waals surface area contributed by atoms with E-state index in [9.17, 15) is 19.5 Å². The van der Waals surface area contributed by atoms with E-state index in [1.165, 1.54) is 12.0 Å². The van der Waals surface area contributed by atoms with E-state index in [1.54, 1.807) is 26.0 Å². The van der Waals surface area contributed by atoms with Gasteiger partial charge in [0, 0.05) is 17.8 Å². The molecule has 1 aromatic carbocycles. The number of nitrogens with one attached hydrogen (secondary N) is 1. The van der Waals surface area contributed by atoms with Crippen LogP contribution in [0.1, 0.15) is 58.7 Å². The Hall–Kier alpha value is -3.59. The van der Waals surface area contributed by atoms with Gasteiger partial charge in [-0.05, 0) is 70.6 Å². The number of rotatable bonds is 10. The summed E-state index contributed by atoms with van der Waals surface area (Å²) < 4.78 is 10.5. The van der Waals surface area contributed by atoms with Gasteiger partial charge < -0.3 is 29.4 Å². The molecule has 9 nitrogen and oxygen atoms in total. The number of carbonyl (C=O) groups excluding carboxylic acids is 3. The Balaban J connectivity index is 2.13. The minimum absolute atomic E-state index is 0.00584. The van der Waals surface area contributed by atoms with Crippen molar-refractivity contribution in [2.45, 2.75) is 39.7 Å². The van der Waals surface area contributed by atoms with E-state index in [0.717, 1.165) is 13.0 Å². The normalized spacial score (nSPS) is 17.2.